The van der Waals surface area contributed by atoms with E-state index in [0.717, 1.165) is 36.9 Å². The van der Waals surface area contributed by atoms with Gasteiger partial charge in [-0.3, -0.25) is 4.79 Å². The van der Waals surface area contributed by atoms with Crippen LogP contribution in [0, 0.1) is 11.3 Å². The Bertz CT molecular complexity index is 1050. The molecule has 3 rings (SSSR count). The van der Waals surface area contributed by atoms with Crippen molar-refractivity contribution in [1.29, 1.82) is 5.26 Å². The van der Waals surface area contributed by atoms with Crippen LogP contribution >= 0.6 is 0 Å². The van der Waals surface area contributed by atoms with E-state index in [4.69, 9.17) is 9.47 Å². The number of hydrogen-bond acceptors (Lipinski definition) is 5. The number of aldehydes is 1. The zero-order chi connectivity index (χ0) is 22.4. The standard InChI is InChI=1S/C26H28N2O3/c1-18-22(16-27)26(21-12-13-24(30-3)25(15-21)31-4)23(17-29)19(2)28(18)14-8-11-20-9-6-5-7-10-20/h5-7,9-10,12-13,15,17-18H,8,11,14H2,1-4H3. The number of rotatable bonds is 8. The molecule has 0 bridgehead atoms. The van der Waals surface area contributed by atoms with Gasteiger partial charge >= 0.3 is 0 Å². The molecule has 31 heavy (non-hydrogen) atoms. The van der Waals surface area contributed by atoms with Crippen molar-refractivity contribution in [3.05, 3.63) is 76.5 Å². The van der Waals surface area contributed by atoms with Crippen LogP contribution in [0.25, 0.3) is 5.57 Å². The first-order chi connectivity index (χ1) is 15.0. The lowest BCUT2D eigenvalue weighted by molar-refractivity contribution is -0.104. The third-order valence-electron chi connectivity index (χ3n) is 5.86. The summed E-state index contributed by atoms with van der Waals surface area (Å²) in [5.74, 6) is 1.16. The predicted molar refractivity (Wildman–Crippen MR) is 122 cm³/mol. The lowest BCUT2D eigenvalue weighted by atomic mass is 9.85. The SMILES string of the molecule is COc1ccc(C2=C(C#N)C(C)N(CCCc3ccccc3)C(C)=C2C=O)cc1OC. The number of benzene rings is 2. The van der Waals surface area contributed by atoms with E-state index in [9.17, 15) is 10.1 Å². The Morgan fingerprint density at radius 3 is 2.42 bits per heavy atom. The van der Waals surface area contributed by atoms with Gasteiger partial charge in [0.15, 0.2) is 17.8 Å². The number of hydrogen-bond donors (Lipinski definition) is 0. The Morgan fingerprint density at radius 2 is 1.81 bits per heavy atom. The third kappa shape index (κ3) is 4.49. The zero-order valence-corrected chi connectivity index (χ0v) is 18.5. The van der Waals surface area contributed by atoms with Gasteiger partial charge in [0.05, 0.1) is 31.9 Å². The van der Waals surface area contributed by atoms with E-state index in [1.807, 2.05) is 44.2 Å². The molecule has 160 valence electrons. The molecular weight excluding hydrogens is 388 g/mol. The largest absolute Gasteiger partial charge is 0.493 e. The highest BCUT2D eigenvalue weighted by atomic mass is 16.5. The second-order valence-electron chi connectivity index (χ2n) is 7.55. The monoisotopic (exact) mass is 416 g/mol. The highest BCUT2D eigenvalue weighted by Crippen LogP contribution is 2.39. The Morgan fingerprint density at radius 1 is 1.10 bits per heavy atom. The molecule has 0 aromatic heterocycles. The van der Waals surface area contributed by atoms with Crippen LogP contribution in [0.5, 0.6) is 11.5 Å². The molecule has 2 aromatic rings. The van der Waals surface area contributed by atoms with Crippen molar-refractivity contribution >= 4 is 11.9 Å². The number of allylic oxidation sites excluding steroid dienone is 3. The van der Waals surface area contributed by atoms with Crippen LogP contribution in [0.1, 0.15) is 31.4 Å². The number of aryl methyl sites for hydroxylation is 1. The van der Waals surface area contributed by atoms with Gasteiger partial charge in [0.2, 0.25) is 0 Å². The van der Waals surface area contributed by atoms with Crippen molar-refractivity contribution in [3.63, 3.8) is 0 Å². The van der Waals surface area contributed by atoms with E-state index in [-0.39, 0.29) is 6.04 Å². The smallest absolute Gasteiger partial charge is 0.161 e. The van der Waals surface area contributed by atoms with Crippen molar-refractivity contribution in [2.45, 2.75) is 32.7 Å². The topological polar surface area (TPSA) is 62.6 Å². The predicted octanol–water partition coefficient (Wildman–Crippen LogP) is 4.79. The first kappa shape index (κ1) is 22.2. The van der Waals surface area contributed by atoms with Crippen molar-refractivity contribution < 1.29 is 14.3 Å². The molecule has 1 aliphatic rings. The molecule has 0 amide bonds. The fourth-order valence-electron chi connectivity index (χ4n) is 4.19. The van der Waals surface area contributed by atoms with Crippen molar-refractivity contribution in [2.24, 2.45) is 0 Å². The fraction of sp³-hybridized carbons (Fsp3) is 0.308. The van der Waals surface area contributed by atoms with Gasteiger partial charge in [0.1, 0.15) is 0 Å². The molecule has 0 saturated carbocycles. The minimum atomic E-state index is -0.132. The average molecular weight is 417 g/mol. The van der Waals surface area contributed by atoms with E-state index >= 15 is 0 Å². The van der Waals surface area contributed by atoms with Crippen LogP contribution in [0.3, 0.4) is 0 Å². The van der Waals surface area contributed by atoms with Crippen molar-refractivity contribution in [3.8, 4) is 17.6 Å². The number of methoxy groups -OCH3 is 2. The van der Waals surface area contributed by atoms with Crippen LogP contribution in [-0.2, 0) is 11.2 Å². The molecule has 1 unspecified atom stereocenters. The second-order valence-corrected chi connectivity index (χ2v) is 7.55. The Kier molecular flexibility index (Phi) is 7.15. The minimum absolute atomic E-state index is 0.132. The summed E-state index contributed by atoms with van der Waals surface area (Å²) >= 11 is 0. The van der Waals surface area contributed by atoms with Crippen molar-refractivity contribution in [1.82, 2.24) is 4.90 Å². The molecule has 1 atom stereocenters. The van der Waals surface area contributed by atoms with Gasteiger partial charge in [-0.2, -0.15) is 5.26 Å². The zero-order valence-electron chi connectivity index (χ0n) is 18.5. The maximum Gasteiger partial charge on any atom is 0.161 e. The first-order valence-corrected chi connectivity index (χ1v) is 10.4. The molecule has 0 aliphatic carbocycles. The minimum Gasteiger partial charge on any atom is -0.493 e. The molecule has 0 radical (unpaired) electrons. The normalized spacial score (nSPS) is 16.2. The second kappa shape index (κ2) is 9.99. The Hall–Kier alpha value is -3.52. The fourth-order valence-corrected chi connectivity index (χ4v) is 4.19. The molecule has 0 N–H and O–H groups in total. The lowest BCUT2D eigenvalue weighted by Crippen LogP contribution is -2.38. The number of nitrogens with zero attached hydrogens (tertiary/aromatic N) is 2. The summed E-state index contributed by atoms with van der Waals surface area (Å²) in [5, 5.41) is 10.0. The number of nitriles is 1. The molecule has 5 heteroatoms. The van der Waals surface area contributed by atoms with Crippen molar-refractivity contribution in [2.75, 3.05) is 20.8 Å². The summed E-state index contributed by atoms with van der Waals surface area (Å²) in [4.78, 5) is 14.3. The van der Waals surface area contributed by atoms with Gasteiger partial charge in [-0.15, -0.1) is 0 Å². The maximum absolute atomic E-state index is 12.2. The van der Waals surface area contributed by atoms with Gasteiger partial charge in [-0.1, -0.05) is 36.4 Å². The highest BCUT2D eigenvalue weighted by Gasteiger charge is 2.31. The lowest BCUT2D eigenvalue weighted by Gasteiger charge is -2.38. The van der Waals surface area contributed by atoms with Gasteiger partial charge in [0.25, 0.3) is 0 Å². The van der Waals surface area contributed by atoms with Gasteiger partial charge in [0, 0.05) is 23.4 Å². The molecule has 0 fully saturated rings. The number of carbonyl (C=O) groups excluding carboxylic acids is 1. The molecule has 2 aromatic carbocycles. The molecule has 1 heterocycles. The Labute approximate surface area is 184 Å². The summed E-state index contributed by atoms with van der Waals surface area (Å²) in [6.07, 6.45) is 2.74. The van der Waals surface area contributed by atoms with E-state index < -0.39 is 0 Å². The highest BCUT2D eigenvalue weighted by molar-refractivity contribution is 6.02. The molecule has 0 spiro atoms. The summed E-state index contributed by atoms with van der Waals surface area (Å²) in [6, 6.07) is 18.0. The quantitative estimate of drug-likeness (QED) is 0.579. The van der Waals surface area contributed by atoms with E-state index in [0.29, 0.717) is 28.2 Å². The van der Waals surface area contributed by atoms with Crippen LogP contribution in [0.4, 0.5) is 0 Å². The van der Waals surface area contributed by atoms with Crippen LogP contribution < -0.4 is 9.47 Å². The van der Waals surface area contributed by atoms with Crippen LogP contribution in [-0.4, -0.2) is 38.0 Å². The maximum atomic E-state index is 12.2. The molecule has 1 aliphatic heterocycles. The van der Waals surface area contributed by atoms with Gasteiger partial charge in [-0.05, 0) is 49.9 Å². The summed E-state index contributed by atoms with van der Waals surface area (Å²) in [6.45, 7) is 4.74. The third-order valence-corrected chi connectivity index (χ3v) is 5.86. The average Bonchev–Trinajstić information content (AvgIpc) is 2.81. The van der Waals surface area contributed by atoms with E-state index in [1.54, 1.807) is 20.3 Å². The summed E-state index contributed by atoms with van der Waals surface area (Å²) in [7, 11) is 3.15. The van der Waals surface area contributed by atoms with E-state index in [1.165, 1.54) is 5.56 Å². The Balaban J connectivity index is 1.95. The van der Waals surface area contributed by atoms with Gasteiger partial charge in [-0.25, -0.2) is 0 Å². The van der Waals surface area contributed by atoms with Gasteiger partial charge < -0.3 is 14.4 Å². The molecule has 5 nitrogen and oxygen atoms in total. The molecule has 0 saturated heterocycles. The number of carbonyl (C=O) groups is 1. The number of ether oxygens (including phenoxy) is 2. The van der Waals surface area contributed by atoms with E-state index in [2.05, 4.69) is 23.1 Å². The molecular formula is C26H28N2O3. The van der Waals surface area contributed by atoms with Crippen LogP contribution in [0.15, 0.2) is 65.4 Å². The summed E-state index contributed by atoms with van der Waals surface area (Å²) in [5.41, 5.74) is 4.74. The summed E-state index contributed by atoms with van der Waals surface area (Å²) < 4.78 is 10.8. The van der Waals surface area contributed by atoms with Crippen LogP contribution in [0.2, 0.25) is 0 Å². The first-order valence-electron chi connectivity index (χ1n) is 10.4.